The van der Waals surface area contributed by atoms with Crippen LogP contribution >= 0.6 is 24.0 Å². The summed E-state index contributed by atoms with van der Waals surface area (Å²) in [6, 6.07) is 10.3. The van der Waals surface area contributed by atoms with Crippen LogP contribution in [0.4, 0.5) is 10.5 Å². The summed E-state index contributed by atoms with van der Waals surface area (Å²) in [5.41, 5.74) is 1.73. The number of hydrogen-bond donors (Lipinski definition) is 2. The highest BCUT2D eigenvalue weighted by atomic mass is 35.5. The molecule has 0 radical (unpaired) electrons. The van der Waals surface area contributed by atoms with Crippen molar-refractivity contribution in [2.24, 2.45) is 5.92 Å². The van der Waals surface area contributed by atoms with Crippen LogP contribution in [0, 0.1) is 5.92 Å². The third kappa shape index (κ3) is 7.85. The second-order valence-corrected chi connectivity index (χ2v) is 12.5. The van der Waals surface area contributed by atoms with E-state index in [0.29, 0.717) is 35.4 Å². The average Bonchev–Trinajstić information content (AvgIpc) is 3.34. The Labute approximate surface area is 247 Å². The minimum Gasteiger partial charge on any atom is -0.493 e. The molecule has 2 atom stereocenters. The molecule has 2 aromatic carbocycles. The molecule has 2 amide bonds. The Morgan fingerprint density at radius 3 is 2.12 bits per heavy atom. The molecule has 0 aromatic heterocycles. The van der Waals surface area contributed by atoms with Crippen molar-refractivity contribution in [3.63, 3.8) is 0 Å². The van der Waals surface area contributed by atoms with E-state index in [0.717, 1.165) is 37.4 Å². The van der Waals surface area contributed by atoms with Crippen LogP contribution in [0.2, 0.25) is 5.02 Å². The van der Waals surface area contributed by atoms with Crippen LogP contribution in [0.25, 0.3) is 0 Å². The first-order valence-electron chi connectivity index (χ1n) is 12.9. The fourth-order valence-electron chi connectivity index (χ4n) is 5.47. The van der Waals surface area contributed by atoms with Crippen LogP contribution < -0.4 is 24.8 Å². The van der Waals surface area contributed by atoms with Crippen molar-refractivity contribution in [2.75, 3.05) is 59.1 Å². The lowest BCUT2D eigenvalue weighted by Gasteiger charge is -2.38. The van der Waals surface area contributed by atoms with Gasteiger partial charge in [0, 0.05) is 36.3 Å². The Hall–Kier alpha value is -2.44. The largest absolute Gasteiger partial charge is 0.493 e. The lowest BCUT2D eigenvalue weighted by molar-refractivity contribution is 0.125. The number of carbonyl (C=O) groups is 1. The standard InChI is InChI=1S/C27H37ClN4O6S.ClH/c1-36-24-14-21(15-25(37-2)26(24)38-3)29-27(33)30-22-16-32(39(4,34)35)17-23(22)31-11-9-19(10-12-31)13-18-5-7-20(28)8-6-18;/h5-8,14-15,19,22-23H,9-13,16-17H2,1-4H3,(H2,29,30,33);1H/t22-,23-;/m1./s1. The molecule has 0 unspecified atom stereocenters. The maximum atomic E-state index is 13.1. The van der Waals surface area contributed by atoms with E-state index in [1.807, 2.05) is 12.1 Å². The summed E-state index contributed by atoms with van der Waals surface area (Å²) in [5, 5.41) is 6.57. The number of likely N-dealkylation sites (tertiary alicyclic amines) is 1. The lowest BCUT2D eigenvalue weighted by atomic mass is 9.89. The fraction of sp³-hybridized carbons (Fsp3) is 0.519. The number of benzene rings is 2. The summed E-state index contributed by atoms with van der Waals surface area (Å²) >= 11 is 6.02. The van der Waals surface area contributed by atoms with Crippen LogP contribution in [0.15, 0.2) is 36.4 Å². The monoisotopic (exact) mass is 616 g/mol. The van der Waals surface area contributed by atoms with Gasteiger partial charge in [0.05, 0.1) is 39.3 Å². The molecule has 2 aliphatic heterocycles. The molecule has 2 N–H and O–H groups in total. The smallest absolute Gasteiger partial charge is 0.319 e. The van der Waals surface area contributed by atoms with E-state index < -0.39 is 16.1 Å². The number of hydrogen-bond acceptors (Lipinski definition) is 7. The molecule has 4 rings (SSSR count). The van der Waals surface area contributed by atoms with Gasteiger partial charge in [-0.2, -0.15) is 4.31 Å². The van der Waals surface area contributed by atoms with Crippen LogP contribution in [-0.4, -0.2) is 89.5 Å². The first kappa shape index (κ1) is 32.1. The third-order valence-corrected chi connectivity index (χ3v) is 9.01. The van der Waals surface area contributed by atoms with Gasteiger partial charge >= 0.3 is 6.03 Å². The number of nitrogens with one attached hydrogen (secondary N) is 2. The topological polar surface area (TPSA) is 109 Å². The first-order valence-corrected chi connectivity index (χ1v) is 15.1. The second-order valence-electron chi connectivity index (χ2n) is 10.1. The summed E-state index contributed by atoms with van der Waals surface area (Å²) in [6.07, 6.45) is 4.20. The summed E-state index contributed by atoms with van der Waals surface area (Å²) in [5.74, 6) is 1.79. The van der Waals surface area contributed by atoms with Gasteiger partial charge in [0.25, 0.3) is 0 Å². The summed E-state index contributed by atoms with van der Waals surface area (Å²) in [4.78, 5) is 15.4. The Kier molecular flexibility index (Phi) is 11.2. The van der Waals surface area contributed by atoms with Crippen molar-refractivity contribution in [3.8, 4) is 17.2 Å². The number of rotatable bonds is 9. The van der Waals surface area contributed by atoms with E-state index in [4.69, 9.17) is 25.8 Å². The van der Waals surface area contributed by atoms with Crippen LogP contribution in [0.5, 0.6) is 17.2 Å². The molecule has 0 spiro atoms. The number of carbonyl (C=O) groups excluding carboxylic acids is 1. The molecule has 2 heterocycles. The third-order valence-electron chi connectivity index (χ3n) is 7.52. The van der Waals surface area contributed by atoms with Gasteiger partial charge in [0.2, 0.25) is 15.8 Å². The molecule has 222 valence electrons. The van der Waals surface area contributed by atoms with E-state index in [1.54, 1.807) is 12.1 Å². The molecular weight excluding hydrogens is 579 g/mol. The molecule has 0 bridgehead atoms. The molecule has 0 aliphatic carbocycles. The molecule has 0 saturated carbocycles. The van der Waals surface area contributed by atoms with Crippen LogP contribution in [-0.2, 0) is 16.4 Å². The van der Waals surface area contributed by atoms with E-state index in [1.165, 1.54) is 37.5 Å². The van der Waals surface area contributed by atoms with Gasteiger partial charge in [-0.25, -0.2) is 13.2 Å². The van der Waals surface area contributed by atoms with E-state index in [9.17, 15) is 13.2 Å². The minimum atomic E-state index is -3.41. The molecule has 2 aromatic rings. The molecule has 40 heavy (non-hydrogen) atoms. The first-order chi connectivity index (χ1) is 18.6. The van der Waals surface area contributed by atoms with Gasteiger partial charge in [-0.05, 0) is 56.0 Å². The zero-order valence-electron chi connectivity index (χ0n) is 23.2. The van der Waals surface area contributed by atoms with Gasteiger partial charge in [-0.1, -0.05) is 23.7 Å². The molecule has 10 nitrogen and oxygen atoms in total. The number of sulfonamides is 1. The zero-order chi connectivity index (χ0) is 28.2. The molecular formula is C27H38Cl2N4O6S. The fourth-order valence-corrected chi connectivity index (χ4v) is 6.45. The molecule has 13 heteroatoms. The van der Waals surface area contributed by atoms with Crippen molar-refractivity contribution >= 4 is 45.7 Å². The van der Waals surface area contributed by atoms with Crippen molar-refractivity contribution in [1.82, 2.24) is 14.5 Å². The average molecular weight is 618 g/mol. The molecule has 2 fully saturated rings. The normalized spacial score (nSPS) is 20.4. The summed E-state index contributed by atoms with van der Waals surface area (Å²) in [7, 11) is 1.11. The second kappa shape index (κ2) is 14.0. The maximum Gasteiger partial charge on any atom is 0.319 e. The molecule has 2 saturated heterocycles. The predicted octanol–water partition coefficient (Wildman–Crippen LogP) is 3.88. The lowest BCUT2D eigenvalue weighted by Crippen LogP contribution is -2.54. The van der Waals surface area contributed by atoms with E-state index in [-0.39, 0.29) is 31.0 Å². The summed E-state index contributed by atoms with van der Waals surface area (Å²) in [6.45, 7) is 2.24. The number of anilines is 1. The van der Waals surface area contributed by atoms with Gasteiger partial charge in [-0.15, -0.1) is 12.4 Å². The molecule has 2 aliphatic rings. The quantitative estimate of drug-likeness (QED) is 0.440. The zero-order valence-corrected chi connectivity index (χ0v) is 25.6. The van der Waals surface area contributed by atoms with E-state index >= 15 is 0 Å². The van der Waals surface area contributed by atoms with Crippen LogP contribution in [0.3, 0.4) is 0 Å². The van der Waals surface area contributed by atoms with E-state index in [2.05, 4.69) is 27.7 Å². The highest BCUT2D eigenvalue weighted by molar-refractivity contribution is 7.88. The van der Waals surface area contributed by atoms with Crippen molar-refractivity contribution in [3.05, 3.63) is 47.0 Å². The Bertz CT molecular complexity index is 1230. The highest BCUT2D eigenvalue weighted by Gasteiger charge is 2.42. The minimum absolute atomic E-state index is 0. The van der Waals surface area contributed by atoms with Crippen molar-refractivity contribution < 1.29 is 27.4 Å². The Morgan fingerprint density at radius 1 is 1.00 bits per heavy atom. The maximum absolute atomic E-state index is 13.1. The van der Waals surface area contributed by atoms with Crippen molar-refractivity contribution in [2.45, 2.75) is 31.3 Å². The highest BCUT2D eigenvalue weighted by Crippen LogP contribution is 2.40. The van der Waals surface area contributed by atoms with Crippen LogP contribution in [0.1, 0.15) is 18.4 Å². The van der Waals surface area contributed by atoms with Gasteiger partial charge < -0.3 is 24.8 Å². The Morgan fingerprint density at radius 2 is 1.60 bits per heavy atom. The number of piperidine rings is 1. The Balaban J connectivity index is 0.00000441. The van der Waals surface area contributed by atoms with Gasteiger partial charge in [-0.3, -0.25) is 4.90 Å². The number of amides is 2. The number of nitrogens with zero attached hydrogens (tertiary/aromatic N) is 2. The van der Waals surface area contributed by atoms with Gasteiger partial charge in [0.15, 0.2) is 11.5 Å². The number of halogens is 2. The van der Waals surface area contributed by atoms with Crippen molar-refractivity contribution in [1.29, 1.82) is 0 Å². The number of methoxy groups -OCH3 is 3. The SMILES string of the molecule is COc1cc(NC(=O)N[C@@H]2CN(S(C)(=O)=O)C[C@H]2N2CCC(Cc3ccc(Cl)cc3)CC2)cc(OC)c1OC.Cl. The number of ether oxygens (including phenoxy) is 3. The summed E-state index contributed by atoms with van der Waals surface area (Å²) < 4.78 is 42.3. The predicted molar refractivity (Wildman–Crippen MR) is 159 cm³/mol. The van der Waals surface area contributed by atoms with Gasteiger partial charge in [0.1, 0.15) is 0 Å². The number of urea groups is 1.